The molecule has 0 aliphatic heterocycles. The van der Waals surface area contributed by atoms with Gasteiger partial charge in [-0.1, -0.05) is 0 Å². The van der Waals surface area contributed by atoms with Gasteiger partial charge in [0.2, 0.25) is 0 Å². The number of hydrogen-bond acceptors (Lipinski definition) is 0. The van der Waals surface area contributed by atoms with Crippen molar-refractivity contribution in [2.24, 2.45) is 0 Å². The summed E-state index contributed by atoms with van der Waals surface area (Å²) in [5, 5.41) is 0. The number of aryl methyl sites for hydroxylation is 1. The zero-order valence-corrected chi connectivity index (χ0v) is 14.0. The minimum absolute atomic E-state index is 1.09. The van der Waals surface area contributed by atoms with E-state index in [4.69, 9.17) is 0 Å². The number of benzene rings is 2. The predicted molar refractivity (Wildman–Crippen MR) is 80.8 cm³/mol. The van der Waals surface area contributed by atoms with E-state index in [0.717, 1.165) is 12.8 Å². The van der Waals surface area contributed by atoms with Gasteiger partial charge in [0, 0.05) is 0 Å². The average Bonchev–Trinajstić information content (AvgIpc) is 3.07. The van der Waals surface area contributed by atoms with Crippen LogP contribution in [0.3, 0.4) is 0 Å². The molecule has 2 aromatic rings. The SMILES string of the molecule is Cc1cc2c([c]([Zr])c1C1=CC=CC1)Cc1ccccc1-2. The summed E-state index contributed by atoms with van der Waals surface area (Å²) in [6.45, 7) is 2.27. The van der Waals surface area contributed by atoms with Crippen LogP contribution in [0.25, 0.3) is 16.7 Å². The molecule has 0 aromatic heterocycles. The predicted octanol–water partition coefficient (Wildman–Crippen LogP) is 4.08. The van der Waals surface area contributed by atoms with Crippen molar-refractivity contribution in [1.82, 2.24) is 0 Å². The van der Waals surface area contributed by atoms with E-state index in [1.165, 1.54) is 58.1 Å². The summed E-state index contributed by atoms with van der Waals surface area (Å²) in [6, 6.07) is 11.3. The molecule has 0 heterocycles. The van der Waals surface area contributed by atoms with Crippen LogP contribution in [0.15, 0.2) is 48.6 Å². The maximum absolute atomic E-state index is 2.41. The van der Waals surface area contributed by atoms with Crippen molar-refractivity contribution in [3.8, 4) is 11.1 Å². The van der Waals surface area contributed by atoms with E-state index in [2.05, 4.69) is 55.5 Å². The van der Waals surface area contributed by atoms with E-state index in [1.807, 2.05) is 0 Å². The van der Waals surface area contributed by atoms with Crippen LogP contribution < -0.4 is 3.27 Å². The summed E-state index contributed by atoms with van der Waals surface area (Å²) in [4.78, 5) is 0. The first-order valence-corrected chi connectivity index (χ1v) is 8.31. The molecule has 0 saturated carbocycles. The van der Waals surface area contributed by atoms with E-state index < -0.39 is 0 Å². The van der Waals surface area contributed by atoms with Crippen LogP contribution in [0.5, 0.6) is 0 Å². The van der Waals surface area contributed by atoms with Gasteiger partial charge in [0.25, 0.3) is 0 Å². The molecule has 0 spiro atoms. The molecule has 2 aliphatic carbocycles. The van der Waals surface area contributed by atoms with Crippen molar-refractivity contribution in [2.45, 2.75) is 19.8 Å². The van der Waals surface area contributed by atoms with E-state index in [0.29, 0.717) is 0 Å². The van der Waals surface area contributed by atoms with Gasteiger partial charge in [-0.2, -0.15) is 0 Å². The summed E-state index contributed by atoms with van der Waals surface area (Å²) < 4.78 is 1.57. The third-order valence-electron chi connectivity index (χ3n) is 4.40. The molecule has 0 atom stereocenters. The van der Waals surface area contributed by atoms with E-state index in [-0.39, 0.29) is 0 Å². The Hall–Kier alpha value is -1.20. The molecule has 2 aromatic carbocycles. The van der Waals surface area contributed by atoms with Gasteiger partial charge >= 0.3 is 135 Å². The molecule has 0 fully saturated rings. The third-order valence-corrected chi connectivity index (χ3v) is 5.76. The molecular weight excluding hydrogens is 319 g/mol. The van der Waals surface area contributed by atoms with Crippen molar-refractivity contribution in [2.75, 3.05) is 0 Å². The number of rotatable bonds is 1. The summed E-state index contributed by atoms with van der Waals surface area (Å²) in [5.41, 5.74) is 10.4. The van der Waals surface area contributed by atoms with Crippen LogP contribution >= 0.6 is 0 Å². The van der Waals surface area contributed by atoms with Gasteiger partial charge in [0.1, 0.15) is 0 Å². The number of hydrogen-bond donors (Lipinski definition) is 0. The molecule has 0 amide bonds. The molecule has 2 aliphatic rings. The van der Waals surface area contributed by atoms with Crippen molar-refractivity contribution in [1.29, 1.82) is 0 Å². The quantitative estimate of drug-likeness (QED) is 0.629. The molecule has 0 bridgehead atoms. The van der Waals surface area contributed by atoms with Crippen molar-refractivity contribution in [3.63, 3.8) is 0 Å². The first kappa shape index (κ1) is 12.5. The number of fused-ring (bicyclic) bond motifs is 3. The Bertz CT molecular complexity index is 779. The van der Waals surface area contributed by atoms with Crippen LogP contribution in [-0.2, 0) is 31.1 Å². The zero-order chi connectivity index (χ0) is 13.7. The van der Waals surface area contributed by atoms with Gasteiger partial charge in [0.15, 0.2) is 0 Å². The normalized spacial score (nSPS) is 15.1. The van der Waals surface area contributed by atoms with Gasteiger partial charge < -0.3 is 0 Å². The monoisotopic (exact) mass is 333 g/mol. The summed E-state index contributed by atoms with van der Waals surface area (Å²) in [6.07, 6.45) is 8.93. The second kappa shape index (κ2) is 4.67. The summed E-state index contributed by atoms with van der Waals surface area (Å²) in [5.74, 6) is 0. The standard InChI is InChI=1S/C19H15.Zr/c1-13-10-19-16(11-15-8-4-5-9-17(15)19)12-18(13)14-6-2-3-7-14;/h2-6,8-10H,7,11H2,1H3;. The van der Waals surface area contributed by atoms with Gasteiger partial charge in [0.05, 0.1) is 0 Å². The fraction of sp³-hybridized carbons (Fsp3) is 0.158. The van der Waals surface area contributed by atoms with Crippen molar-refractivity contribution in [3.05, 3.63) is 70.8 Å². The van der Waals surface area contributed by atoms with E-state index in [9.17, 15) is 0 Å². The van der Waals surface area contributed by atoms with Crippen LogP contribution in [-0.4, -0.2) is 0 Å². The number of allylic oxidation sites excluding steroid dienone is 4. The van der Waals surface area contributed by atoms with E-state index in [1.54, 1.807) is 8.83 Å². The molecule has 1 heteroatoms. The van der Waals surface area contributed by atoms with E-state index >= 15 is 0 Å². The van der Waals surface area contributed by atoms with Gasteiger partial charge in [-0.3, -0.25) is 0 Å². The summed E-state index contributed by atoms with van der Waals surface area (Å²) >= 11 is 1.54. The molecule has 0 unspecified atom stereocenters. The Kier molecular flexibility index (Phi) is 2.93. The molecule has 4 rings (SSSR count). The van der Waals surface area contributed by atoms with Gasteiger partial charge in [-0.15, -0.1) is 0 Å². The Morgan fingerprint density at radius 2 is 1.95 bits per heavy atom. The molecule has 0 nitrogen and oxygen atoms in total. The molecule has 0 radical (unpaired) electrons. The Morgan fingerprint density at radius 3 is 2.75 bits per heavy atom. The zero-order valence-electron chi connectivity index (χ0n) is 11.5. The first-order valence-electron chi connectivity index (χ1n) is 7.08. The second-order valence-corrected chi connectivity index (χ2v) is 6.86. The van der Waals surface area contributed by atoms with Crippen LogP contribution in [0.2, 0.25) is 0 Å². The minimum atomic E-state index is 1.09. The fourth-order valence-electron chi connectivity index (χ4n) is 3.46. The average molecular weight is 335 g/mol. The summed E-state index contributed by atoms with van der Waals surface area (Å²) in [7, 11) is 0. The van der Waals surface area contributed by atoms with Crippen molar-refractivity contribution >= 4 is 8.84 Å². The fourth-order valence-corrected chi connectivity index (χ4v) is 4.88. The molecule has 0 N–H and O–H groups in total. The Labute approximate surface area is 135 Å². The molecule has 20 heavy (non-hydrogen) atoms. The maximum atomic E-state index is 2.41. The van der Waals surface area contributed by atoms with Crippen LogP contribution in [0.1, 0.15) is 28.7 Å². The van der Waals surface area contributed by atoms with Crippen LogP contribution in [0.4, 0.5) is 0 Å². The van der Waals surface area contributed by atoms with Crippen LogP contribution in [0, 0.1) is 6.92 Å². The second-order valence-electron chi connectivity index (χ2n) is 5.63. The molecule has 0 saturated heterocycles. The van der Waals surface area contributed by atoms with Gasteiger partial charge in [-0.05, 0) is 0 Å². The Balaban J connectivity index is 1.95. The molecule has 95 valence electrons. The van der Waals surface area contributed by atoms with Crippen molar-refractivity contribution < 1.29 is 24.7 Å². The third kappa shape index (κ3) is 1.76. The molecular formula is C19H15Zr. The van der Waals surface area contributed by atoms with Gasteiger partial charge in [-0.25, -0.2) is 0 Å². The topological polar surface area (TPSA) is 0 Å². The Morgan fingerprint density at radius 1 is 1.10 bits per heavy atom. The first-order chi connectivity index (χ1) is 9.75.